The number of carboxylic acid groups (broad SMARTS) is 1. The monoisotopic (exact) mass is 291 g/mol. The molecule has 2 N–H and O–H groups in total. The number of ether oxygens (including phenoxy) is 1. The largest absolute Gasteiger partial charge is 0.478 e. The van der Waals surface area contributed by atoms with Crippen LogP contribution >= 0.6 is 0 Å². The third-order valence-electron chi connectivity index (χ3n) is 4.18. The summed E-state index contributed by atoms with van der Waals surface area (Å²) in [5, 5.41) is 11.9. The Morgan fingerprint density at radius 2 is 1.90 bits per heavy atom. The molecule has 0 heterocycles. The Labute approximate surface area is 124 Å². The second-order valence-corrected chi connectivity index (χ2v) is 5.55. The summed E-state index contributed by atoms with van der Waals surface area (Å²) in [6.45, 7) is 1.71. The fourth-order valence-electron chi connectivity index (χ4n) is 2.87. The van der Waals surface area contributed by atoms with E-state index in [0.29, 0.717) is 11.3 Å². The number of amides is 1. The molecule has 0 saturated heterocycles. The van der Waals surface area contributed by atoms with Crippen LogP contribution < -0.4 is 5.32 Å². The van der Waals surface area contributed by atoms with E-state index < -0.39 is 11.6 Å². The van der Waals surface area contributed by atoms with E-state index in [0.717, 1.165) is 32.1 Å². The highest BCUT2D eigenvalue weighted by Crippen LogP contribution is 2.32. The molecule has 1 aromatic carbocycles. The van der Waals surface area contributed by atoms with Gasteiger partial charge in [0, 0.05) is 12.8 Å². The summed E-state index contributed by atoms with van der Waals surface area (Å²) in [4.78, 5) is 23.5. The molecule has 0 spiro atoms. The van der Waals surface area contributed by atoms with Crippen LogP contribution in [-0.4, -0.2) is 29.7 Å². The number of methoxy groups -OCH3 is 1. The Kier molecular flexibility index (Phi) is 4.63. The first-order valence-electron chi connectivity index (χ1n) is 7.19. The fraction of sp³-hybridized carbons (Fsp3) is 0.500. The predicted molar refractivity (Wildman–Crippen MR) is 79.6 cm³/mol. The number of hydrogen-bond acceptors (Lipinski definition) is 3. The van der Waals surface area contributed by atoms with Gasteiger partial charge in [-0.25, -0.2) is 4.79 Å². The minimum absolute atomic E-state index is 0.146. The average molecular weight is 291 g/mol. The Morgan fingerprint density at radius 1 is 1.24 bits per heavy atom. The van der Waals surface area contributed by atoms with Crippen LogP contribution in [0, 0.1) is 6.92 Å². The maximum atomic E-state index is 12.5. The number of rotatable bonds is 4. The third-order valence-corrected chi connectivity index (χ3v) is 4.18. The van der Waals surface area contributed by atoms with Crippen molar-refractivity contribution in [2.75, 3.05) is 12.4 Å². The van der Waals surface area contributed by atoms with Crippen molar-refractivity contribution in [2.24, 2.45) is 0 Å². The molecular weight excluding hydrogens is 270 g/mol. The fourth-order valence-corrected chi connectivity index (χ4v) is 2.87. The number of nitrogens with one attached hydrogen (secondary N) is 1. The van der Waals surface area contributed by atoms with Gasteiger partial charge in [-0.1, -0.05) is 19.3 Å². The van der Waals surface area contributed by atoms with E-state index in [9.17, 15) is 9.59 Å². The molecule has 1 fully saturated rings. The lowest BCUT2D eigenvalue weighted by atomic mass is 9.84. The number of hydrogen-bond donors (Lipinski definition) is 2. The van der Waals surface area contributed by atoms with Crippen molar-refractivity contribution < 1.29 is 19.4 Å². The molecule has 0 atom stereocenters. The molecule has 0 unspecified atom stereocenters. The van der Waals surface area contributed by atoms with Crippen molar-refractivity contribution in [1.29, 1.82) is 0 Å². The maximum absolute atomic E-state index is 12.5. The van der Waals surface area contributed by atoms with Gasteiger partial charge in [0.2, 0.25) is 0 Å². The zero-order valence-electron chi connectivity index (χ0n) is 12.4. The van der Waals surface area contributed by atoms with Gasteiger partial charge in [-0.15, -0.1) is 0 Å². The second-order valence-electron chi connectivity index (χ2n) is 5.55. The molecule has 21 heavy (non-hydrogen) atoms. The van der Waals surface area contributed by atoms with Gasteiger partial charge in [-0.2, -0.15) is 0 Å². The van der Waals surface area contributed by atoms with Crippen LogP contribution in [0.3, 0.4) is 0 Å². The number of aromatic carboxylic acids is 1. The molecule has 0 bridgehead atoms. The smallest absolute Gasteiger partial charge is 0.335 e. The predicted octanol–water partition coefficient (Wildman–Crippen LogP) is 2.98. The van der Waals surface area contributed by atoms with Crippen LogP contribution in [0.2, 0.25) is 0 Å². The van der Waals surface area contributed by atoms with Gasteiger partial charge in [0.05, 0.1) is 5.56 Å². The van der Waals surface area contributed by atoms with Gasteiger partial charge >= 0.3 is 5.97 Å². The van der Waals surface area contributed by atoms with E-state index in [4.69, 9.17) is 9.84 Å². The molecule has 2 rings (SSSR count). The number of carboxylic acids is 1. The first kappa shape index (κ1) is 15.5. The van der Waals surface area contributed by atoms with Crippen molar-refractivity contribution in [3.63, 3.8) is 0 Å². The minimum atomic E-state index is -0.967. The molecule has 1 aromatic rings. The lowest BCUT2D eigenvalue weighted by molar-refractivity contribution is -0.141. The Hall–Kier alpha value is -1.88. The van der Waals surface area contributed by atoms with Crippen LogP contribution in [0.15, 0.2) is 18.2 Å². The molecule has 1 aliphatic carbocycles. The number of carbonyl (C=O) groups is 2. The first-order valence-corrected chi connectivity index (χ1v) is 7.19. The molecule has 5 heteroatoms. The second kappa shape index (κ2) is 6.26. The van der Waals surface area contributed by atoms with E-state index in [1.54, 1.807) is 26.2 Å². The van der Waals surface area contributed by atoms with E-state index in [2.05, 4.69) is 5.32 Å². The lowest BCUT2D eigenvalue weighted by Gasteiger charge is -2.34. The van der Waals surface area contributed by atoms with E-state index >= 15 is 0 Å². The van der Waals surface area contributed by atoms with Crippen LogP contribution in [0.4, 0.5) is 5.69 Å². The Balaban J connectivity index is 2.15. The zero-order chi connectivity index (χ0) is 15.5. The molecule has 1 amide bonds. The lowest BCUT2D eigenvalue weighted by Crippen LogP contribution is -2.46. The Bertz CT molecular complexity index is 547. The topological polar surface area (TPSA) is 75.6 Å². The molecule has 0 aromatic heterocycles. The quantitative estimate of drug-likeness (QED) is 0.894. The summed E-state index contributed by atoms with van der Waals surface area (Å²) >= 11 is 0. The van der Waals surface area contributed by atoms with Crippen LogP contribution in [0.1, 0.15) is 48.0 Å². The van der Waals surface area contributed by atoms with Gasteiger partial charge < -0.3 is 15.2 Å². The number of anilines is 1. The molecule has 0 aliphatic heterocycles. The van der Waals surface area contributed by atoms with Crippen molar-refractivity contribution in [3.8, 4) is 0 Å². The van der Waals surface area contributed by atoms with Gasteiger partial charge in [-0.05, 0) is 43.5 Å². The summed E-state index contributed by atoms with van der Waals surface area (Å²) in [5.74, 6) is -1.11. The van der Waals surface area contributed by atoms with Crippen LogP contribution in [-0.2, 0) is 9.53 Å². The van der Waals surface area contributed by atoms with Gasteiger partial charge in [0.1, 0.15) is 5.60 Å². The third kappa shape index (κ3) is 3.24. The van der Waals surface area contributed by atoms with Gasteiger partial charge in [-0.3, -0.25) is 4.79 Å². The standard InChI is InChI=1S/C16H21NO4/c1-11-10-12(6-7-13(11)14(18)19)17-15(20)16(21-2)8-4-3-5-9-16/h6-7,10H,3-5,8-9H2,1-2H3,(H,17,20)(H,18,19). The van der Waals surface area contributed by atoms with E-state index in [1.807, 2.05) is 0 Å². The summed E-state index contributed by atoms with van der Waals surface area (Å²) in [6, 6.07) is 4.79. The number of aryl methyl sites for hydroxylation is 1. The SMILES string of the molecule is COC1(C(=O)Nc2ccc(C(=O)O)c(C)c2)CCCCC1. The molecule has 1 saturated carbocycles. The zero-order valence-corrected chi connectivity index (χ0v) is 12.4. The highest BCUT2D eigenvalue weighted by molar-refractivity contribution is 5.98. The summed E-state index contributed by atoms with van der Waals surface area (Å²) in [7, 11) is 1.57. The molecule has 114 valence electrons. The highest BCUT2D eigenvalue weighted by atomic mass is 16.5. The first-order chi connectivity index (χ1) is 9.98. The molecule has 1 aliphatic rings. The minimum Gasteiger partial charge on any atom is -0.478 e. The molecular formula is C16H21NO4. The maximum Gasteiger partial charge on any atom is 0.335 e. The highest BCUT2D eigenvalue weighted by Gasteiger charge is 2.39. The van der Waals surface area contributed by atoms with Crippen molar-refractivity contribution in [3.05, 3.63) is 29.3 Å². The summed E-state index contributed by atoms with van der Waals surface area (Å²) < 4.78 is 5.50. The van der Waals surface area contributed by atoms with Crippen molar-refractivity contribution in [2.45, 2.75) is 44.6 Å². The molecule has 5 nitrogen and oxygen atoms in total. The van der Waals surface area contributed by atoms with Crippen molar-refractivity contribution >= 4 is 17.6 Å². The normalized spacial score (nSPS) is 17.2. The Morgan fingerprint density at radius 3 is 2.43 bits per heavy atom. The van der Waals surface area contributed by atoms with E-state index in [-0.39, 0.29) is 11.5 Å². The van der Waals surface area contributed by atoms with Gasteiger partial charge in [0.15, 0.2) is 0 Å². The van der Waals surface area contributed by atoms with E-state index in [1.165, 1.54) is 6.07 Å². The van der Waals surface area contributed by atoms with Gasteiger partial charge in [0.25, 0.3) is 5.91 Å². The summed E-state index contributed by atoms with van der Waals surface area (Å²) in [6.07, 6.45) is 4.55. The van der Waals surface area contributed by atoms with Crippen molar-refractivity contribution in [1.82, 2.24) is 0 Å². The van der Waals surface area contributed by atoms with Crippen LogP contribution in [0.5, 0.6) is 0 Å². The number of benzene rings is 1. The number of carbonyl (C=O) groups excluding carboxylic acids is 1. The van der Waals surface area contributed by atoms with Crippen LogP contribution in [0.25, 0.3) is 0 Å². The average Bonchev–Trinajstić information content (AvgIpc) is 2.47. The summed E-state index contributed by atoms with van der Waals surface area (Å²) in [5.41, 5.74) is 0.712. The molecule has 0 radical (unpaired) electrons.